The molecule has 0 saturated heterocycles. The van der Waals surface area contributed by atoms with E-state index in [4.69, 9.17) is 0 Å². The van der Waals surface area contributed by atoms with E-state index in [9.17, 15) is 0 Å². The predicted molar refractivity (Wildman–Crippen MR) is 357 cm³/mol. The molecule has 0 radical (unpaired) electrons. The van der Waals surface area contributed by atoms with Gasteiger partial charge in [0.25, 0.3) is 0 Å². The van der Waals surface area contributed by atoms with Crippen LogP contribution in [0.3, 0.4) is 0 Å². The molecule has 0 fully saturated rings. The molecule has 0 N–H and O–H groups in total. The van der Waals surface area contributed by atoms with Gasteiger partial charge in [-0.3, -0.25) is 0 Å². The van der Waals surface area contributed by atoms with Crippen LogP contribution >= 0.6 is 0 Å². The largest absolute Gasteiger partial charge is 0.0683 e. The average Bonchev–Trinajstić information content (AvgIpc) is 3.97. The van der Waals surface area contributed by atoms with E-state index in [1.165, 1.54) is 87.6 Å². The van der Waals surface area contributed by atoms with Crippen LogP contribution in [0.25, 0.3) is 76.5 Å². The first-order valence-corrected chi connectivity index (χ1v) is 29.4. The molecule has 0 saturated carbocycles. The third-order valence-electron chi connectivity index (χ3n) is 11.1. The Morgan fingerprint density at radius 3 is 0.675 bits per heavy atom. The van der Waals surface area contributed by atoms with Crippen LogP contribution < -0.4 is 0 Å². The van der Waals surface area contributed by atoms with Crippen LogP contribution in [0.15, 0.2) is 255 Å². The quantitative estimate of drug-likeness (QED) is 0.120. The molecule has 0 unspecified atom stereocenters. The first-order chi connectivity index (χ1) is 38.3. The smallest absolute Gasteiger partial charge is 0.00135 e. The molecule has 0 aromatic heterocycles. The van der Waals surface area contributed by atoms with Crippen LogP contribution in [0.1, 0.15) is 136 Å². The molecule has 406 valence electrons. The van der Waals surface area contributed by atoms with E-state index in [0.717, 1.165) is 6.42 Å². The summed E-state index contributed by atoms with van der Waals surface area (Å²) in [6, 6.07) is 89.6. The van der Waals surface area contributed by atoms with Gasteiger partial charge in [0.2, 0.25) is 0 Å². The van der Waals surface area contributed by atoms with Crippen molar-refractivity contribution in [3.05, 3.63) is 266 Å². The van der Waals surface area contributed by atoms with Crippen molar-refractivity contribution >= 4 is 43.1 Å². The molecule has 0 bridgehead atoms. The van der Waals surface area contributed by atoms with E-state index in [2.05, 4.69) is 218 Å². The zero-order valence-electron chi connectivity index (χ0n) is 51.0. The molecule has 0 amide bonds. The molecule has 77 heavy (non-hydrogen) atoms. The summed E-state index contributed by atoms with van der Waals surface area (Å²) in [5, 5.41) is 10.5. The van der Waals surface area contributed by atoms with Gasteiger partial charge in [0.05, 0.1) is 0 Å². The van der Waals surface area contributed by atoms with Crippen molar-refractivity contribution in [2.75, 3.05) is 0 Å². The van der Waals surface area contributed by atoms with Crippen LogP contribution in [0.5, 0.6) is 0 Å². The highest BCUT2D eigenvalue weighted by molar-refractivity contribution is 6.21. The number of hydrogen-bond acceptors (Lipinski definition) is 0. The van der Waals surface area contributed by atoms with E-state index < -0.39 is 0 Å². The Morgan fingerprint density at radius 1 is 0.182 bits per heavy atom. The van der Waals surface area contributed by atoms with E-state index in [-0.39, 0.29) is 0 Å². The highest BCUT2D eigenvalue weighted by Gasteiger charge is 2.17. The van der Waals surface area contributed by atoms with Crippen LogP contribution in [-0.4, -0.2) is 0 Å². The summed E-state index contributed by atoms with van der Waals surface area (Å²) in [7, 11) is 0. The minimum Gasteiger partial charge on any atom is -0.0683 e. The maximum absolute atomic E-state index is 2.25. The number of rotatable bonds is 2. The van der Waals surface area contributed by atoms with Gasteiger partial charge >= 0.3 is 0 Å². The van der Waals surface area contributed by atoms with Crippen molar-refractivity contribution < 1.29 is 0 Å². The Bertz CT molecular complexity index is 2830. The number of hydrogen-bond donors (Lipinski definition) is 0. The molecule has 0 atom stereocenters. The van der Waals surface area contributed by atoms with Gasteiger partial charge in [-0.05, 0) is 94.0 Å². The lowest BCUT2D eigenvalue weighted by atomic mass is 9.86. The lowest BCUT2D eigenvalue weighted by Crippen LogP contribution is -1.90. The second-order valence-corrected chi connectivity index (χ2v) is 14.7. The van der Waals surface area contributed by atoms with Crippen LogP contribution in [0.2, 0.25) is 0 Å². The molecule has 11 aromatic rings. The second-order valence-electron chi connectivity index (χ2n) is 14.7. The van der Waals surface area contributed by atoms with Crippen molar-refractivity contribution in [2.24, 2.45) is 0 Å². The second kappa shape index (κ2) is 44.7. The molecule has 0 aliphatic heterocycles. The minimum absolute atomic E-state index is 1.10. The molecule has 0 nitrogen and oxygen atoms in total. The van der Waals surface area contributed by atoms with Crippen molar-refractivity contribution in [3.8, 4) is 33.4 Å². The van der Waals surface area contributed by atoms with Gasteiger partial charge in [-0.25, -0.2) is 0 Å². The predicted octanol–water partition coefficient (Wildman–Crippen LogP) is 25.5. The van der Waals surface area contributed by atoms with Gasteiger partial charge in [0.1, 0.15) is 0 Å². The first-order valence-electron chi connectivity index (χ1n) is 29.4. The molecule has 11 aromatic carbocycles. The molecular formula is C77H98. The highest BCUT2D eigenvalue weighted by atomic mass is 14.2. The summed E-state index contributed by atoms with van der Waals surface area (Å²) in [5.41, 5.74) is 10.9. The van der Waals surface area contributed by atoms with Crippen molar-refractivity contribution in [1.29, 1.82) is 0 Å². The molecule has 0 heteroatoms. The van der Waals surface area contributed by atoms with E-state index >= 15 is 0 Å². The topological polar surface area (TPSA) is 0 Å². The van der Waals surface area contributed by atoms with E-state index in [1.54, 1.807) is 0 Å². The van der Waals surface area contributed by atoms with Gasteiger partial charge in [-0.15, -0.1) is 0 Å². The summed E-state index contributed by atoms with van der Waals surface area (Å²) < 4.78 is 0. The Balaban J connectivity index is 0.000000974. The lowest BCUT2D eigenvalue weighted by molar-refractivity contribution is 1.26. The summed E-state index contributed by atoms with van der Waals surface area (Å²) in [5.74, 6) is 0. The maximum atomic E-state index is 2.25. The first kappa shape index (κ1) is 69.5. The summed E-state index contributed by atoms with van der Waals surface area (Å²) >= 11 is 0. The van der Waals surface area contributed by atoms with Gasteiger partial charge in [-0.2, -0.15) is 0 Å². The number of fused-ring (bicyclic) bond motifs is 8. The Labute approximate surface area is 470 Å². The van der Waals surface area contributed by atoms with Crippen LogP contribution in [-0.2, 0) is 6.42 Å². The minimum atomic E-state index is 1.10. The normalized spacial score (nSPS) is 9.12. The third kappa shape index (κ3) is 20.5. The summed E-state index contributed by atoms with van der Waals surface area (Å²) in [6.07, 6.45) is 1.10. The maximum Gasteiger partial charge on any atom is -0.00135 e. The van der Waals surface area contributed by atoms with Gasteiger partial charge in [0, 0.05) is 0 Å². The fourth-order valence-electron chi connectivity index (χ4n) is 8.38. The Kier molecular flexibility index (Phi) is 40.3. The molecule has 12 rings (SSSR count). The van der Waals surface area contributed by atoms with E-state index in [0.29, 0.717) is 0 Å². The third-order valence-corrected chi connectivity index (χ3v) is 11.1. The average molecular weight is 1020 g/mol. The monoisotopic (exact) mass is 1020 g/mol. The van der Waals surface area contributed by atoms with Crippen molar-refractivity contribution in [3.63, 3.8) is 0 Å². The SMILES string of the molecule is CC.CC.CC.CC.CC.CC.CC.CC.CC.c1ccc(-c2c3ccccc3c(-c3ccccc3)c3ccccc23)cc1.c1ccc2c(c1)Cc1ccccc1-2.c1ccc2c(c1)ccc1ccccc12.c1ccccc1. The standard InChI is InChI=1S/C26H18.C14H10.C13H10.C6H6.9C2H6/c1-3-11-19(12-4-1)25-21-15-7-9-17-23(21)26(20-13-5-2-6-14-20)24-18-10-8-16-22(24)25;1-3-7-13-11(5-1)9-10-12-6-2-4-8-14(12)13;1-3-7-12-10(5-1)9-11-6-2-4-8-13(11)12;1-2-4-6-5-3-1;9*1-2/h1-18H;1-10H;1-8H,9H2;1-6H;9*1-2H3. The lowest BCUT2D eigenvalue weighted by Gasteiger charge is -2.17. The molecular weight excluding hydrogens is 925 g/mol. The van der Waals surface area contributed by atoms with Crippen LogP contribution in [0.4, 0.5) is 0 Å². The van der Waals surface area contributed by atoms with Gasteiger partial charge < -0.3 is 0 Å². The van der Waals surface area contributed by atoms with Gasteiger partial charge in [0.15, 0.2) is 0 Å². The zero-order chi connectivity index (χ0) is 57.6. The highest BCUT2D eigenvalue weighted by Crippen LogP contribution is 2.43. The van der Waals surface area contributed by atoms with Crippen LogP contribution in [0, 0.1) is 0 Å². The Hall–Kier alpha value is -7.54. The summed E-state index contributed by atoms with van der Waals surface area (Å²) in [4.78, 5) is 0. The van der Waals surface area contributed by atoms with Gasteiger partial charge in [-0.1, -0.05) is 379 Å². The summed E-state index contributed by atoms with van der Waals surface area (Å²) in [6.45, 7) is 36.0. The molecule has 0 spiro atoms. The molecule has 1 aliphatic carbocycles. The van der Waals surface area contributed by atoms with Crippen molar-refractivity contribution in [1.82, 2.24) is 0 Å². The number of benzene rings is 11. The fraction of sp³-hybridized carbons (Fsp3) is 0.247. The zero-order valence-corrected chi connectivity index (χ0v) is 51.0. The molecule has 0 heterocycles. The Morgan fingerprint density at radius 2 is 0.390 bits per heavy atom. The van der Waals surface area contributed by atoms with E-state index in [1.807, 2.05) is 161 Å². The van der Waals surface area contributed by atoms with Crippen molar-refractivity contribution in [2.45, 2.75) is 131 Å². The fourth-order valence-corrected chi connectivity index (χ4v) is 8.38. The molecule has 1 aliphatic rings.